The molecule has 1 fully saturated rings. The summed E-state index contributed by atoms with van der Waals surface area (Å²) in [6.45, 7) is 0. The van der Waals surface area contributed by atoms with Gasteiger partial charge in [-0.25, -0.2) is 9.37 Å². The normalized spacial score (nSPS) is 15.8. The lowest BCUT2D eigenvalue weighted by atomic mass is 10.1. The molecular formula is C22H22FN5. The Kier molecular flexibility index (Phi) is 4.39. The predicted molar refractivity (Wildman–Crippen MR) is 109 cm³/mol. The van der Waals surface area contributed by atoms with Gasteiger partial charge in [0.15, 0.2) is 5.65 Å². The van der Waals surface area contributed by atoms with Crippen LogP contribution in [0.5, 0.6) is 0 Å². The van der Waals surface area contributed by atoms with Crippen molar-refractivity contribution in [2.24, 2.45) is 0 Å². The highest BCUT2D eigenvalue weighted by atomic mass is 19.1. The van der Waals surface area contributed by atoms with Gasteiger partial charge in [0.25, 0.3) is 0 Å². The van der Waals surface area contributed by atoms with Crippen molar-refractivity contribution >= 4 is 22.4 Å². The number of aromatic nitrogens is 4. The third-order valence-corrected chi connectivity index (χ3v) is 5.57. The first kappa shape index (κ1) is 17.1. The van der Waals surface area contributed by atoms with Gasteiger partial charge in [0.1, 0.15) is 17.3 Å². The fourth-order valence-electron chi connectivity index (χ4n) is 4.09. The number of nitrogens with one attached hydrogen (secondary N) is 1. The van der Waals surface area contributed by atoms with E-state index in [-0.39, 0.29) is 5.82 Å². The number of para-hydroxylation sites is 1. The van der Waals surface area contributed by atoms with E-state index in [0.717, 1.165) is 22.3 Å². The molecule has 5 rings (SSSR count). The van der Waals surface area contributed by atoms with Gasteiger partial charge < -0.3 is 5.32 Å². The van der Waals surface area contributed by atoms with E-state index >= 15 is 0 Å². The van der Waals surface area contributed by atoms with Gasteiger partial charge >= 0.3 is 0 Å². The lowest BCUT2D eigenvalue weighted by molar-refractivity contribution is 0.618. The number of hydrogen-bond donors (Lipinski definition) is 1. The summed E-state index contributed by atoms with van der Waals surface area (Å²) in [5, 5.41) is 13.4. The van der Waals surface area contributed by atoms with Crippen LogP contribution < -0.4 is 5.32 Å². The van der Waals surface area contributed by atoms with Crippen LogP contribution in [-0.4, -0.2) is 25.9 Å². The second-order valence-electron chi connectivity index (χ2n) is 7.49. The van der Waals surface area contributed by atoms with Crippen LogP contribution in [0.2, 0.25) is 0 Å². The maximum absolute atomic E-state index is 13.3. The van der Waals surface area contributed by atoms with Crippen LogP contribution in [-0.2, 0) is 0 Å². The van der Waals surface area contributed by atoms with E-state index in [1.165, 1.54) is 50.7 Å². The second-order valence-corrected chi connectivity index (χ2v) is 7.49. The summed E-state index contributed by atoms with van der Waals surface area (Å²) in [6, 6.07) is 14.9. The maximum Gasteiger partial charge on any atom is 0.186 e. The molecule has 1 saturated carbocycles. The average Bonchev–Trinajstić information content (AvgIpc) is 2.97. The minimum atomic E-state index is -0.269. The minimum absolute atomic E-state index is 0.269. The van der Waals surface area contributed by atoms with Gasteiger partial charge in [0, 0.05) is 17.0 Å². The van der Waals surface area contributed by atoms with Crippen molar-refractivity contribution in [3.8, 4) is 11.3 Å². The van der Waals surface area contributed by atoms with Gasteiger partial charge in [0.2, 0.25) is 0 Å². The smallest absolute Gasteiger partial charge is 0.186 e. The number of anilines is 1. The molecule has 1 N–H and O–H groups in total. The van der Waals surface area contributed by atoms with Crippen LogP contribution >= 0.6 is 0 Å². The Balaban J connectivity index is 1.65. The van der Waals surface area contributed by atoms with Gasteiger partial charge in [-0.3, -0.25) is 0 Å². The number of benzene rings is 2. The number of nitrogens with zero attached hydrogens (tertiary/aromatic N) is 4. The van der Waals surface area contributed by atoms with Crippen LogP contribution in [0.4, 0.5) is 10.2 Å². The third kappa shape index (κ3) is 3.09. The van der Waals surface area contributed by atoms with Crippen LogP contribution in [0, 0.1) is 5.82 Å². The molecule has 0 amide bonds. The molecular weight excluding hydrogens is 353 g/mol. The standard InChI is InChI=1S/C22H22FN5/c23-16-13-11-15(12-14-16)20-22-25-21(24-17-7-3-1-2-4-8-17)18-9-5-6-10-19(18)28(22)27-26-20/h5-6,9-14,17H,1-4,7-8H2,(H,24,25). The Bertz CT molecular complexity index is 1110. The molecule has 0 saturated heterocycles. The Morgan fingerprint density at radius 3 is 2.46 bits per heavy atom. The highest BCUT2D eigenvalue weighted by Gasteiger charge is 2.18. The molecule has 0 aliphatic heterocycles. The van der Waals surface area contributed by atoms with Crippen LogP contribution in [0.3, 0.4) is 0 Å². The van der Waals surface area contributed by atoms with Gasteiger partial charge in [-0.2, -0.15) is 4.52 Å². The van der Waals surface area contributed by atoms with Gasteiger partial charge in [-0.05, 0) is 49.2 Å². The zero-order valence-electron chi connectivity index (χ0n) is 15.6. The van der Waals surface area contributed by atoms with E-state index in [1.54, 1.807) is 16.6 Å². The summed E-state index contributed by atoms with van der Waals surface area (Å²) in [5.74, 6) is 0.606. The van der Waals surface area contributed by atoms with Gasteiger partial charge in [-0.15, -0.1) is 5.10 Å². The average molecular weight is 375 g/mol. The molecule has 0 radical (unpaired) electrons. The predicted octanol–water partition coefficient (Wildman–Crippen LogP) is 5.22. The zero-order chi connectivity index (χ0) is 18.9. The van der Waals surface area contributed by atoms with Crippen LogP contribution in [0.15, 0.2) is 48.5 Å². The molecule has 0 atom stereocenters. The van der Waals surface area contributed by atoms with Crippen molar-refractivity contribution in [1.82, 2.24) is 19.8 Å². The first-order valence-electron chi connectivity index (χ1n) is 9.96. The molecule has 4 aromatic rings. The zero-order valence-corrected chi connectivity index (χ0v) is 15.6. The summed E-state index contributed by atoms with van der Waals surface area (Å²) >= 11 is 0. The van der Waals surface area contributed by atoms with E-state index in [4.69, 9.17) is 4.98 Å². The van der Waals surface area contributed by atoms with Crippen molar-refractivity contribution in [3.63, 3.8) is 0 Å². The Hall–Kier alpha value is -3.02. The summed E-state index contributed by atoms with van der Waals surface area (Å²) in [4.78, 5) is 4.92. The highest BCUT2D eigenvalue weighted by molar-refractivity contribution is 5.93. The molecule has 0 spiro atoms. The molecule has 2 heterocycles. The van der Waals surface area contributed by atoms with Crippen LogP contribution in [0.25, 0.3) is 27.8 Å². The van der Waals surface area contributed by atoms with Crippen molar-refractivity contribution in [2.75, 3.05) is 5.32 Å². The largest absolute Gasteiger partial charge is 0.367 e. The van der Waals surface area contributed by atoms with Crippen LogP contribution in [0.1, 0.15) is 38.5 Å². The number of halogens is 1. The fourth-order valence-corrected chi connectivity index (χ4v) is 4.09. The quantitative estimate of drug-likeness (QED) is 0.499. The lowest BCUT2D eigenvalue weighted by Crippen LogP contribution is -2.19. The van der Waals surface area contributed by atoms with E-state index in [1.807, 2.05) is 18.2 Å². The molecule has 0 bridgehead atoms. The SMILES string of the molecule is Fc1ccc(-c2nnn3c2nc(NC2CCCCCC2)c2ccccc23)cc1. The van der Waals surface area contributed by atoms with Crippen molar-refractivity contribution in [1.29, 1.82) is 0 Å². The van der Waals surface area contributed by atoms with Crippen molar-refractivity contribution < 1.29 is 4.39 Å². The summed E-state index contributed by atoms with van der Waals surface area (Å²) in [6.07, 6.45) is 7.48. The summed E-state index contributed by atoms with van der Waals surface area (Å²) < 4.78 is 15.1. The fraction of sp³-hybridized carbons (Fsp3) is 0.318. The maximum atomic E-state index is 13.3. The van der Waals surface area contributed by atoms with Crippen molar-refractivity contribution in [2.45, 2.75) is 44.6 Å². The summed E-state index contributed by atoms with van der Waals surface area (Å²) in [5.41, 5.74) is 3.11. The van der Waals surface area contributed by atoms with Gasteiger partial charge in [0.05, 0.1) is 5.52 Å². The second kappa shape index (κ2) is 7.19. The Morgan fingerprint density at radius 1 is 0.929 bits per heavy atom. The molecule has 0 unspecified atom stereocenters. The molecule has 142 valence electrons. The Morgan fingerprint density at radius 2 is 1.68 bits per heavy atom. The van der Waals surface area contributed by atoms with E-state index in [9.17, 15) is 4.39 Å². The van der Waals surface area contributed by atoms with E-state index < -0.39 is 0 Å². The molecule has 6 heteroatoms. The Labute approximate surface area is 162 Å². The van der Waals surface area contributed by atoms with Crippen molar-refractivity contribution in [3.05, 3.63) is 54.3 Å². The van der Waals surface area contributed by atoms with E-state index in [2.05, 4.69) is 21.7 Å². The monoisotopic (exact) mass is 375 g/mol. The topological polar surface area (TPSA) is 55.1 Å². The first-order chi connectivity index (χ1) is 13.8. The molecule has 5 nitrogen and oxygen atoms in total. The highest BCUT2D eigenvalue weighted by Crippen LogP contribution is 2.29. The first-order valence-corrected chi connectivity index (χ1v) is 9.96. The molecule has 28 heavy (non-hydrogen) atoms. The lowest BCUT2D eigenvalue weighted by Gasteiger charge is -2.18. The van der Waals surface area contributed by atoms with E-state index in [0.29, 0.717) is 17.4 Å². The minimum Gasteiger partial charge on any atom is -0.367 e. The molecule has 2 aromatic heterocycles. The molecule has 1 aliphatic rings. The molecule has 2 aromatic carbocycles. The number of fused-ring (bicyclic) bond motifs is 3. The molecule has 1 aliphatic carbocycles. The number of rotatable bonds is 3. The number of hydrogen-bond acceptors (Lipinski definition) is 4. The summed E-state index contributed by atoms with van der Waals surface area (Å²) in [7, 11) is 0. The van der Waals surface area contributed by atoms with Gasteiger partial charge in [-0.1, -0.05) is 43.0 Å². The third-order valence-electron chi connectivity index (χ3n) is 5.57.